The molecule has 21 heavy (non-hydrogen) atoms. The first-order chi connectivity index (χ1) is 9.54. The second-order valence-electron chi connectivity index (χ2n) is 5.40. The van der Waals surface area contributed by atoms with Gasteiger partial charge in [-0.05, 0) is 38.0 Å². The second-order valence-corrected chi connectivity index (χ2v) is 9.62. The fourth-order valence-corrected chi connectivity index (χ4v) is 4.78. The predicted octanol–water partition coefficient (Wildman–Crippen LogP) is 2.36. The van der Waals surface area contributed by atoms with Gasteiger partial charge in [0, 0.05) is 16.2 Å². The van der Waals surface area contributed by atoms with Crippen molar-refractivity contribution in [3.8, 4) is 0 Å². The van der Waals surface area contributed by atoms with Gasteiger partial charge in [-0.25, -0.2) is 25.9 Å². The largest absolute Gasteiger partial charge is 0.261 e. The van der Waals surface area contributed by atoms with E-state index < -0.39 is 40.2 Å². The molecule has 1 aromatic carbocycles. The molecule has 1 fully saturated rings. The highest BCUT2D eigenvalue weighted by atomic mass is 35.7. The lowest BCUT2D eigenvalue weighted by atomic mass is 10.0. The van der Waals surface area contributed by atoms with Crippen LogP contribution in [0.5, 0.6) is 0 Å². The third-order valence-corrected chi connectivity index (χ3v) is 6.59. The number of rotatable bonds is 4. The van der Waals surface area contributed by atoms with Crippen molar-refractivity contribution in [3.63, 3.8) is 0 Å². The zero-order valence-electron chi connectivity index (χ0n) is 11.3. The number of nitrogens with one attached hydrogen (secondary N) is 1. The molecule has 0 bridgehead atoms. The smallest absolute Gasteiger partial charge is 0.207 e. The van der Waals surface area contributed by atoms with Crippen LogP contribution < -0.4 is 4.72 Å². The Balaban J connectivity index is 2.37. The van der Waals surface area contributed by atoms with Crippen LogP contribution in [0.3, 0.4) is 0 Å². The van der Waals surface area contributed by atoms with E-state index in [4.69, 9.17) is 10.7 Å². The van der Waals surface area contributed by atoms with Crippen LogP contribution in [0.2, 0.25) is 0 Å². The Labute approximate surface area is 128 Å². The minimum absolute atomic E-state index is 0.479. The average molecular weight is 356 g/mol. The van der Waals surface area contributed by atoms with Crippen molar-refractivity contribution < 1.29 is 21.2 Å². The quantitative estimate of drug-likeness (QED) is 0.841. The van der Waals surface area contributed by atoms with E-state index in [-0.39, 0.29) is 0 Å². The van der Waals surface area contributed by atoms with Gasteiger partial charge in [0.15, 0.2) is 0 Å². The van der Waals surface area contributed by atoms with Crippen LogP contribution >= 0.6 is 10.7 Å². The van der Waals surface area contributed by atoms with E-state index >= 15 is 0 Å². The molecule has 118 valence electrons. The molecule has 0 radical (unpaired) electrons. The van der Waals surface area contributed by atoms with E-state index in [1.165, 1.54) is 0 Å². The molecule has 1 N–H and O–H groups in total. The summed E-state index contributed by atoms with van der Waals surface area (Å²) in [5, 5.41) is 0. The maximum atomic E-state index is 13.9. The van der Waals surface area contributed by atoms with Crippen LogP contribution in [-0.4, -0.2) is 22.4 Å². The van der Waals surface area contributed by atoms with Crippen molar-refractivity contribution in [2.24, 2.45) is 0 Å². The molecule has 0 aliphatic heterocycles. The van der Waals surface area contributed by atoms with E-state index in [1.54, 1.807) is 6.92 Å². The van der Waals surface area contributed by atoms with Crippen molar-refractivity contribution in [2.75, 3.05) is 0 Å². The van der Waals surface area contributed by atoms with Crippen LogP contribution in [0.25, 0.3) is 0 Å². The number of hydrogen-bond donors (Lipinski definition) is 1. The van der Waals surface area contributed by atoms with Gasteiger partial charge in [-0.2, -0.15) is 0 Å². The highest BCUT2D eigenvalue weighted by Gasteiger charge is 2.34. The maximum Gasteiger partial charge on any atom is 0.261 e. The molecule has 1 aliphatic carbocycles. The molecule has 0 atom stereocenters. The van der Waals surface area contributed by atoms with E-state index in [9.17, 15) is 21.2 Å². The monoisotopic (exact) mass is 355 g/mol. The fraction of sp³-hybridized carbons (Fsp3) is 0.500. The Hall–Kier alpha value is -0.700. The molecule has 2 rings (SSSR count). The molecule has 5 nitrogen and oxygen atoms in total. The van der Waals surface area contributed by atoms with Gasteiger partial charge >= 0.3 is 0 Å². The van der Waals surface area contributed by atoms with Crippen molar-refractivity contribution in [3.05, 3.63) is 24.0 Å². The molecule has 0 saturated heterocycles. The van der Waals surface area contributed by atoms with Crippen LogP contribution in [0.1, 0.15) is 32.6 Å². The Bertz CT molecular complexity index is 755. The summed E-state index contributed by atoms with van der Waals surface area (Å²) < 4.78 is 63.1. The van der Waals surface area contributed by atoms with E-state index in [1.807, 2.05) is 0 Å². The summed E-state index contributed by atoms with van der Waals surface area (Å²) in [6.45, 7) is 1.77. The lowest BCUT2D eigenvalue weighted by Crippen LogP contribution is -2.43. The van der Waals surface area contributed by atoms with Gasteiger partial charge in [0.2, 0.25) is 10.0 Å². The number of sulfonamides is 1. The summed E-state index contributed by atoms with van der Waals surface area (Å²) >= 11 is 0. The Morgan fingerprint density at radius 1 is 1.19 bits per heavy atom. The van der Waals surface area contributed by atoms with Gasteiger partial charge in [-0.1, -0.05) is 12.8 Å². The molecular formula is C12H15ClFNO4S2. The summed E-state index contributed by atoms with van der Waals surface area (Å²) in [5.41, 5.74) is -0.595. The molecule has 0 amide bonds. The highest BCUT2D eigenvalue weighted by molar-refractivity contribution is 8.13. The average Bonchev–Trinajstić information content (AvgIpc) is 2.73. The Morgan fingerprint density at radius 2 is 1.76 bits per heavy atom. The van der Waals surface area contributed by atoms with Crippen molar-refractivity contribution in [1.82, 2.24) is 4.72 Å². The van der Waals surface area contributed by atoms with E-state index in [0.717, 1.165) is 25.0 Å². The van der Waals surface area contributed by atoms with Crippen LogP contribution in [0.15, 0.2) is 28.0 Å². The van der Waals surface area contributed by atoms with E-state index in [0.29, 0.717) is 18.9 Å². The summed E-state index contributed by atoms with van der Waals surface area (Å²) in [5.74, 6) is -1.15. The van der Waals surface area contributed by atoms with Gasteiger partial charge in [0.05, 0.1) is 4.90 Å². The summed E-state index contributed by atoms with van der Waals surface area (Å²) in [7, 11) is -3.07. The molecule has 1 saturated carbocycles. The summed E-state index contributed by atoms with van der Waals surface area (Å²) in [6.07, 6.45) is 3.18. The molecule has 0 heterocycles. The minimum atomic E-state index is -4.11. The van der Waals surface area contributed by atoms with Crippen LogP contribution in [-0.2, 0) is 19.1 Å². The first-order valence-electron chi connectivity index (χ1n) is 6.32. The van der Waals surface area contributed by atoms with Crippen molar-refractivity contribution in [2.45, 2.75) is 47.9 Å². The number of halogens is 2. The zero-order chi connectivity index (χ0) is 15.9. The van der Waals surface area contributed by atoms with Crippen molar-refractivity contribution >= 4 is 29.8 Å². The first-order valence-corrected chi connectivity index (χ1v) is 10.1. The number of hydrogen-bond acceptors (Lipinski definition) is 4. The summed E-state index contributed by atoms with van der Waals surface area (Å²) in [6, 6.07) is 2.48. The topological polar surface area (TPSA) is 80.3 Å². The molecule has 9 heteroatoms. The molecule has 1 aliphatic rings. The molecule has 1 aromatic rings. The molecule has 0 unspecified atom stereocenters. The fourth-order valence-electron chi connectivity index (χ4n) is 2.49. The van der Waals surface area contributed by atoms with Gasteiger partial charge in [-0.15, -0.1) is 0 Å². The van der Waals surface area contributed by atoms with Gasteiger partial charge in [-0.3, -0.25) is 0 Å². The standard InChI is InChI=1S/C12H15ClFNO4S2/c1-12(6-2-3-7-12)15-21(18,19)11-5-4-9(8-10(11)14)20(13,16)17/h4-5,8,15H,2-3,6-7H2,1H3. The van der Waals surface area contributed by atoms with Crippen LogP contribution in [0.4, 0.5) is 4.39 Å². The lowest BCUT2D eigenvalue weighted by Gasteiger charge is -2.25. The minimum Gasteiger partial charge on any atom is -0.207 e. The summed E-state index contributed by atoms with van der Waals surface area (Å²) in [4.78, 5) is -1.06. The van der Waals surface area contributed by atoms with Crippen LogP contribution in [0, 0.1) is 5.82 Å². The molecular weight excluding hydrogens is 341 g/mol. The number of benzene rings is 1. The van der Waals surface area contributed by atoms with Gasteiger partial charge < -0.3 is 0 Å². The lowest BCUT2D eigenvalue weighted by molar-refractivity contribution is 0.425. The Kier molecular flexibility index (Phi) is 4.36. The van der Waals surface area contributed by atoms with Crippen molar-refractivity contribution in [1.29, 1.82) is 0 Å². The maximum absolute atomic E-state index is 13.9. The molecule has 0 aromatic heterocycles. The predicted molar refractivity (Wildman–Crippen MR) is 76.6 cm³/mol. The highest BCUT2D eigenvalue weighted by Crippen LogP contribution is 2.31. The normalized spacial score (nSPS) is 18.8. The SMILES string of the molecule is CC1(NS(=O)(=O)c2ccc(S(=O)(=O)Cl)cc2F)CCCC1. The van der Waals surface area contributed by atoms with Gasteiger partial charge in [0.1, 0.15) is 10.7 Å². The third kappa shape index (κ3) is 3.74. The van der Waals surface area contributed by atoms with E-state index in [2.05, 4.69) is 4.72 Å². The second kappa shape index (κ2) is 5.49. The third-order valence-electron chi connectivity index (χ3n) is 3.56. The molecule has 0 spiro atoms. The zero-order valence-corrected chi connectivity index (χ0v) is 13.7. The van der Waals surface area contributed by atoms with Gasteiger partial charge in [0.25, 0.3) is 9.05 Å². The first kappa shape index (κ1) is 16.7. The Morgan fingerprint density at radius 3 is 2.24 bits per heavy atom.